The molecule has 197 valence electrons. The van der Waals surface area contributed by atoms with E-state index >= 15 is 0 Å². The third kappa shape index (κ3) is 8.58. The van der Waals surface area contributed by atoms with Gasteiger partial charge in [-0.3, -0.25) is 10.2 Å². The van der Waals surface area contributed by atoms with Crippen molar-refractivity contribution in [2.45, 2.75) is 25.4 Å². The van der Waals surface area contributed by atoms with Crippen LogP contribution in [-0.4, -0.2) is 29.5 Å². The molecule has 0 aliphatic heterocycles. The molecule has 39 heavy (non-hydrogen) atoms. The molecule has 0 heterocycles. The van der Waals surface area contributed by atoms with Gasteiger partial charge in [-0.1, -0.05) is 90.5 Å². The van der Waals surface area contributed by atoms with Gasteiger partial charge in [-0.05, 0) is 53.3 Å². The summed E-state index contributed by atoms with van der Waals surface area (Å²) >= 11 is 0. The molecule has 0 saturated carbocycles. The topological polar surface area (TPSA) is 123 Å². The van der Waals surface area contributed by atoms with Crippen molar-refractivity contribution < 1.29 is 54.0 Å². The molecule has 0 saturated heterocycles. The molecule has 4 aromatic rings. The van der Waals surface area contributed by atoms with Gasteiger partial charge in [0.1, 0.15) is 5.84 Å². The summed E-state index contributed by atoms with van der Waals surface area (Å²) in [5.74, 6) is -0.438. The second kappa shape index (κ2) is 15.1. The Morgan fingerprint density at radius 1 is 0.795 bits per heavy atom. The number of hydrogen-bond donors (Lipinski definition) is 4. The van der Waals surface area contributed by atoms with Gasteiger partial charge in [-0.2, -0.15) is 0 Å². The molecule has 4 rings (SSSR count). The van der Waals surface area contributed by atoms with Gasteiger partial charge >= 0.3 is 0 Å². The van der Waals surface area contributed by atoms with E-state index in [2.05, 4.69) is 5.32 Å². The third-order valence-corrected chi connectivity index (χ3v) is 6.79. The van der Waals surface area contributed by atoms with Crippen LogP contribution in [0.3, 0.4) is 0 Å². The van der Waals surface area contributed by atoms with Gasteiger partial charge in [0, 0.05) is 73.8 Å². The smallest absolute Gasteiger partial charge is 0.251 e. The number of rotatable bonds is 11. The summed E-state index contributed by atoms with van der Waals surface area (Å²) < 4.78 is 0. The molecule has 0 bridgehead atoms. The van der Waals surface area contributed by atoms with Crippen LogP contribution in [0.1, 0.15) is 32.6 Å². The molecule has 2 atom stereocenters. The first-order valence-corrected chi connectivity index (χ1v) is 12.7. The van der Waals surface area contributed by atoms with Gasteiger partial charge in [-0.25, -0.2) is 0 Å². The zero-order valence-electron chi connectivity index (χ0n) is 21.8. The number of carbonyl (C=O) groups excluding carboxylic acids is 1. The van der Waals surface area contributed by atoms with E-state index in [4.69, 9.17) is 16.9 Å². The van der Waals surface area contributed by atoms with Gasteiger partial charge in [0.15, 0.2) is 0 Å². The molecular formula is C32H33AcN4O2-. The number of nitrogens with two attached hydrogens (primary N) is 1. The molecule has 6 nitrogen and oxygen atoms in total. The van der Waals surface area contributed by atoms with Crippen LogP contribution in [-0.2, 0) is 19.4 Å². The largest absolute Gasteiger partial charge is 0.674 e. The summed E-state index contributed by atoms with van der Waals surface area (Å²) in [6.45, 7) is 0.149. The number of aliphatic hydroxyl groups is 1. The van der Waals surface area contributed by atoms with Crippen molar-refractivity contribution in [2.75, 3.05) is 6.61 Å². The average molecular weight is 733 g/mol. The fraction of sp³-hybridized carbons (Fsp3) is 0.188. The molecule has 6 N–H and O–H groups in total. The quantitative estimate of drug-likeness (QED) is 0.122. The van der Waals surface area contributed by atoms with Crippen LogP contribution in [0.2, 0.25) is 0 Å². The molecule has 0 aliphatic rings. The Morgan fingerprint density at radius 3 is 2.00 bits per heavy atom. The number of nitrogen functional groups attached to an aromatic ring is 1. The molecule has 2 unspecified atom stereocenters. The maximum absolute atomic E-state index is 13.3. The Labute approximate surface area is 265 Å². The van der Waals surface area contributed by atoms with E-state index in [1.807, 2.05) is 97.1 Å². The third-order valence-electron chi connectivity index (χ3n) is 6.79. The first-order valence-electron chi connectivity index (χ1n) is 12.7. The van der Waals surface area contributed by atoms with Crippen LogP contribution in [0.4, 0.5) is 0 Å². The van der Waals surface area contributed by atoms with E-state index in [-0.39, 0.29) is 80.9 Å². The predicted octanol–water partition coefficient (Wildman–Crippen LogP) is 5.38. The molecule has 1 radical (unpaired) electrons. The Hall–Kier alpha value is -2.82. The van der Waals surface area contributed by atoms with Gasteiger partial charge in [0.2, 0.25) is 0 Å². The number of aliphatic hydroxyl groups excluding tert-OH is 1. The van der Waals surface area contributed by atoms with Crippen molar-refractivity contribution in [2.24, 2.45) is 11.7 Å². The van der Waals surface area contributed by atoms with E-state index in [1.54, 1.807) is 6.07 Å². The Morgan fingerprint density at radius 2 is 1.41 bits per heavy atom. The number of hydrogen-bond acceptors (Lipinski definition) is 3. The van der Waals surface area contributed by atoms with Gasteiger partial charge in [0.25, 0.3) is 5.91 Å². The maximum Gasteiger partial charge on any atom is 0.251 e. The Bertz CT molecular complexity index is 1360. The summed E-state index contributed by atoms with van der Waals surface area (Å²) in [7, 11) is 0. The monoisotopic (exact) mass is 732 g/mol. The zero-order chi connectivity index (χ0) is 26.9. The first-order chi connectivity index (χ1) is 18.5. The Balaban J connectivity index is 0.00000420. The van der Waals surface area contributed by atoms with E-state index in [9.17, 15) is 9.90 Å². The van der Waals surface area contributed by atoms with Crippen molar-refractivity contribution in [3.8, 4) is 11.1 Å². The summed E-state index contributed by atoms with van der Waals surface area (Å²) in [4.78, 5) is 13.3. The molecule has 0 aromatic heterocycles. The fourth-order valence-corrected chi connectivity index (χ4v) is 4.59. The average Bonchev–Trinajstić information content (AvgIpc) is 2.96. The predicted molar refractivity (Wildman–Crippen MR) is 153 cm³/mol. The van der Waals surface area contributed by atoms with Crippen molar-refractivity contribution in [1.29, 1.82) is 5.41 Å². The molecule has 0 spiro atoms. The number of benzene rings is 4. The van der Waals surface area contributed by atoms with Crippen LogP contribution in [0.25, 0.3) is 16.9 Å². The van der Waals surface area contributed by atoms with Crippen LogP contribution < -0.4 is 11.1 Å². The SMILES string of the molecule is N=C(N)c1cccc(CC(CO)C(Cc2ccccc2)NC(=O)c2ccc(-c3ccc(C[NH-])cc3)cc2)c1.[Ac]. The second-order valence-electron chi connectivity index (χ2n) is 9.48. The van der Waals surface area contributed by atoms with Crippen molar-refractivity contribution in [1.82, 2.24) is 5.32 Å². The minimum atomic E-state index is -0.312. The normalized spacial score (nSPS) is 12.2. The number of carbonyl (C=O) groups is 1. The Kier molecular flexibility index (Phi) is 11.9. The van der Waals surface area contributed by atoms with Crippen LogP contribution >= 0.6 is 0 Å². The summed E-state index contributed by atoms with van der Waals surface area (Å²) in [6.07, 6.45) is 1.10. The molecular weight excluding hydrogens is 699 g/mol. The first kappa shape index (κ1) is 30.7. The van der Waals surface area contributed by atoms with Gasteiger partial charge < -0.3 is 21.9 Å². The van der Waals surface area contributed by atoms with E-state index in [1.165, 1.54) is 0 Å². The number of amidine groups is 1. The maximum atomic E-state index is 13.3. The number of nitrogens with one attached hydrogen (secondary N) is 3. The van der Waals surface area contributed by atoms with Gasteiger partial charge in [-0.15, -0.1) is 6.54 Å². The standard InChI is InChI=1S/C32H33N4O2.Ac/c33-20-23-9-11-25(12-10-23)26-13-15-27(16-14-26)32(38)36-30(19-22-5-2-1-3-6-22)29(21-37)18-24-7-4-8-28(17-24)31(34)35;/h1-17,29-30,33,37H,18-21H2,(H3,34,35)(H,36,38);/q-1;. The van der Waals surface area contributed by atoms with Crippen molar-refractivity contribution in [3.63, 3.8) is 0 Å². The number of amides is 1. The van der Waals surface area contributed by atoms with E-state index in [0.717, 1.165) is 27.8 Å². The van der Waals surface area contributed by atoms with Gasteiger partial charge in [0.05, 0.1) is 0 Å². The second-order valence-corrected chi connectivity index (χ2v) is 9.48. The molecule has 4 aromatic carbocycles. The van der Waals surface area contributed by atoms with Crippen molar-refractivity contribution in [3.05, 3.63) is 137 Å². The summed E-state index contributed by atoms with van der Waals surface area (Å²) in [6, 6.07) is 32.4. The molecule has 1 amide bonds. The fourth-order valence-electron chi connectivity index (χ4n) is 4.59. The van der Waals surface area contributed by atoms with E-state index < -0.39 is 0 Å². The minimum Gasteiger partial charge on any atom is -0.674 e. The van der Waals surface area contributed by atoms with E-state index in [0.29, 0.717) is 24.0 Å². The molecule has 7 heteroatoms. The van der Waals surface area contributed by atoms with Crippen molar-refractivity contribution >= 4 is 11.7 Å². The molecule has 0 aliphatic carbocycles. The minimum absolute atomic E-state index is 0. The van der Waals surface area contributed by atoms with Crippen LogP contribution in [0.15, 0.2) is 103 Å². The molecule has 0 fully saturated rings. The summed E-state index contributed by atoms with van der Waals surface area (Å²) in [5.41, 5.74) is 19.3. The van der Waals surface area contributed by atoms with Crippen LogP contribution in [0.5, 0.6) is 0 Å². The van der Waals surface area contributed by atoms with Crippen LogP contribution in [0, 0.1) is 55.4 Å². The summed E-state index contributed by atoms with van der Waals surface area (Å²) in [5, 5.41) is 21.3. The zero-order valence-corrected chi connectivity index (χ0v) is 26.6.